The highest BCUT2D eigenvalue weighted by Gasteiger charge is 2.10. The molecular weight excluding hydrogens is 163 g/mol. The number of hydrogen-bond donors (Lipinski definition) is 0. The summed E-state index contributed by atoms with van der Waals surface area (Å²) in [7, 11) is 0. The van der Waals surface area contributed by atoms with E-state index in [1.165, 1.54) is 12.1 Å². The molecule has 0 saturated heterocycles. The molecule has 0 aromatic heterocycles. The van der Waals surface area contributed by atoms with Crippen LogP contribution < -0.4 is 0 Å². The molecule has 0 spiro atoms. The van der Waals surface area contributed by atoms with Gasteiger partial charge >= 0.3 is 0 Å². The Labute approximate surface area is 77.8 Å². The Bertz CT molecular complexity index is 340. The van der Waals surface area contributed by atoms with Crippen LogP contribution in [-0.2, 0) is 0 Å². The maximum atomic E-state index is 12.6. The second-order valence-electron chi connectivity index (χ2n) is 3.32. The molecule has 0 saturated carbocycles. The summed E-state index contributed by atoms with van der Waals surface area (Å²) >= 11 is 0. The van der Waals surface area contributed by atoms with Crippen LogP contribution in [0, 0.1) is 17.7 Å². The predicted octanol–water partition coefficient (Wildman–Crippen LogP) is 3.10. The normalized spacial score (nSPS) is 20.5. The van der Waals surface area contributed by atoms with E-state index in [0.717, 1.165) is 24.8 Å². The number of halogens is 1. The largest absolute Gasteiger partial charge is 0.207 e. The number of rotatable bonds is 1. The molecule has 66 valence electrons. The molecule has 0 aliphatic heterocycles. The van der Waals surface area contributed by atoms with Crippen LogP contribution in [0.1, 0.15) is 30.7 Å². The lowest BCUT2D eigenvalue weighted by Gasteiger charge is -2.12. The molecule has 1 unspecified atom stereocenters. The highest BCUT2D eigenvalue weighted by molar-refractivity contribution is 5.29. The summed E-state index contributed by atoms with van der Waals surface area (Å²) in [6.45, 7) is 0. The highest BCUT2D eigenvalue weighted by Crippen LogP contribution is 2.23. The minimum Gasteiger partial charge on any atom is -0.207 e. The van der Waals surface area contributed by atoms with Gasteiger partial charge in [-0.1, -0.05) is 18.1 Å². The van der Waals surface area contributed by atoms with E-state index in [0.29, 0.717) is 5.92 Å². The van der Waals surface area contributed by atoms with Crippen molar-refractivity contribution in [3.8, 4) is 11.8 Å². The molecule has 0 fully saturated rings. The second kappa shape index (κ2) is 3.62. The van der Waals surface area contributed by atoms with Crippen molar-refractivity contribution in [2.24, 2.45) is 0 Å². The zero-order chi connectivity index (χ0) is 9.10. The number of benzene rings is 1. The van der Waals surface area contributed by atoms with E-state index in [1.54, 1.807) is 0 Å². The molecule has 2 rings (SSSR count). The van der Waals surface area contributed by atoms with Crippen molar-refractivity contribution >= 4 is 0 Å². The van der Waals surface area contributed by atoms with Crippen molar-refractivity contribution in [1.29, 1.82) is 0 Å². The summed E-state index contributed by atoms with van der Waals surface area (Å²) < 4.78 is 12.6. The van der Waals surface area contributed by atoms with Crippen molar-refractivity contribution in [2.75, 3.05) is 0 Å². The quantitative estimate of drug-likeness (QED) is 0.574. The molecule has 13 heavy (non-hydrogen) atoms. The average molecular weight is 174 g/mol. The average Bonchev–Trinajstić information content (AvgIpc) is 2.20. The molecular formula is C12H11F. The minimum atomic E-state index is -0.174. The highest BCUT2D eigenvalue weighted by atomic mass is 19.1. The zero-order valence-electron chi connectivity index (χ0n) is 7.39. The van der Waals surface area contributed by atoms with Crippen LogP contribution >= 0.6 is 0 Å². The van der Waals surface area contributed by atoms with Gasteiger partial charge in [-0.05, 0) is 30.5 Å². The third kappa shape index (κ3) is 1.89. The Morgan fingerprint density at radius 2 is 2.00 bits per heavy atom. The van der Waals surface area contributed by atoms with Crippen LogP contribution in [0.25, 0.3) is 0 Å². The van der Waals surface area contributed by atoms with Gasteiger partial charge in [-0.2, -0.15) is 0 Å². The lowest BCUT2D eigenvalue weighted by atomic mass is 9.91. The van der Waals surface area contributed by atoms with Crippen LogP contribution in [0.5, 0.6) is 0 Å². The Morgan fingerprint density at radius 3 is 2.62 bits per heavy atom. The van der Waals surface area contributed by atoms with Gasteiger partial charge in [0.05, 0.1) is 0 Å². The van der Waals surface area contributed by atoms with Crippen molar-refractivity contribution in [3.63, 3.8) is 0 Å². The zero-order valence-corrected chi connectivity index (χ0v) is 7.39. The van der Waals surface area contributed by atoms with Gasteiger partial charge < -0.3 is 0 Å². The van der Waals surface area contributed by atoms with Crippen LogP contribution in [0.15, 0.2) is 24.3 Å². The standard InChI is InChI=1S/C12H11F/c13-12-8-6-11(7-9-12)10-4-2-1-3-5-10/h6-10H,1-2,4H2. The second-order valence-corrected chi connectivity index (χ2v) is 3.32. The molecule has 0 radical (unpaired) electrons. The first-order valence-electron chi connectivity index (χ1n) is 4.60. The molecule has 0 heterocycles. The molecule has 1 aromatic carbocycles. The Balaban J connectivity index is 2.23. The van der Waals surface area contributed by atoms with E-state index in [9.17, 15) is 4.39 Å². The fourth-order valence-electron chi connectivity index (χ4n) is 1.61. The number of hydrogen-bond acceptors (Lipinski definition) is 0. The molecule has 1 aliphatic carbocycles. The van der Waals surface area contributed by atoms with E-state index < -0.39 is 0 Å². The first-order valence-corrected chi connectivity index (χ1v) is 4.60. The molecule has 1 aromatic rings. The maximum Gasteiger partial charge on any atom is 0.123 e. The van der Waals surface area contributed by atoms with Gasteiger partial charge in [0, 0.05) is 12.3 Å². The smallest absolute Gasteiger partial charge is 0.123 e. The summed E-state index contributed by atoms with van der Waals surface area (Å²) in [5.41, 5.74) is 1.15. The van der Waals surface area contributed by atoms with Crippen LogP contribution in [-0.4, -0.2) is 0 Å². The first-order chi connectivity index (χ1) is 6.36. The Kier molecular flexibility index (Phi) is 2.31. The molecule has 1 aliphatic rings. The lowest BCUT2D eigenvalue weighted by molar-refractivity contribution is 0.624. The summed E-state index contributed by atoms with van der Waals surface area (Å²) in [6.07, 6.45) is 3.28. The molecule has 0 bridgehead atoms. The Morgan fingerprint density at radius 1 is 1.23 bits per heavy atom. The fourth-order valence-corrected chi connectivity index (χ4v) is 1.61. The van der Waals surface area contributed by atoms with E-state index in [-0.39, 0.29) is 5.82 Å². The maximum absolute atomic E-state index is 12.6. The van der Waals surface area contributed by atoms with Crippen LogP contribution in [0.2, 0.25) is 0 Å². The molecule has 1 heteroatoms. The minimum absolute atomic E-state index is 0.174. The van der Waals surface area contributed by atoms with Crippen molar-refractivity contribution in [3.05, 3.63) is 35.6 Å². The van der Waals surface area contributed by atoms with Gasteiger partial charge in [0.25, 0.3) is 0 Å². The van der Waals surface area contributed by atoms with Gasteiger partial charge in [-0.3, -0.25) is 0 Å². The predicted molar refractivity (Wildman–Crippen MR) is 50.8 cm³/mol. The van der Waals surface area contributed by atoms with Gasteiger partial charge in [0.1, 0.15) is 5.82 Å². The molecule has 0 N–H and O–H groups in total. The van der Waals surface area contributed by atoms with Gasteiger partial charge in [-0.15, -0.1) is 5.92 Å². The summed E-state index contributed by atoms with van der Waals surface area (Å²) in [5.74, 6) is 6.44. The van der Waals surface area contributed by atoms with Crippen molar-refractivity contribution in [2.45, 2.75) is 25.2 Å². The van der Waals surface area contributed by atoms with Crippen LogP contribution in [0.3, 0.4) is 0 Å². The summed E-state index contributed by atoms with van der Waals surface area (Å²) in [4.78, 5) is 0. The first kappa shape index (κ1) is 8.31. The lowest BCUT2D eigenvalue weighted by Crippen LogP contribution is -1.99. The van der Waals surface area contributed by atoms with Gasteiger partial charge in [-0.25, -0.2) is 4.39 Å². The third-order valence-electron chi connectivity index (χ3n) is 2.34. The van der Waals surface area contributed by atoms with E-state index in [2.05, 4.69) is 11.8 Å². The monoisotopic (exact) mass is 174 g/mol. The molecule has 0 nitrogen and oxygen atoms in total. The van der Waals surface area contributed by atoms with Crippen LogP contribution in [0.4, 0.5) is 4.39 Å². The summed E-state index contributed by atoms with van der Waals surface area (Å²) in [5, 5.41) is 0. The molecule has 1 atom stereocenters. The van der Waals surface area contributed by atoms with Gasteiger partial charge in [0.15, 0.2) is 0 Å². The van der Waals surface area contributed by atoms with Crippen molar-refractivity contribution in [1.82, 2.24) is 0 Å². The SMILES string of the molecule is Fc1ccc(C2C#CCCC2)cc1. The molecule has 0 amide bonds. The Hall–Kier alpha value is -1.29. The van der Waals surface area contributed by atoms with E-state index in [4.69, 9.17) is 0 Å². The topological polar surface area (TPSA) is 0 Å². The van der Waals surface area contributed by atoms with Crippen molar-refractivity contribution < 1.29 is 4.39 Å². The fraction of sp³-hybridized carbons (Fsp3) is 0.333. The van der Waals surface area contributed by atoms with Gasteiger partial charge in [0.2, 0.25) is 0 Å². The van der Waals surface area contributed by atoms with E-state index in [1.807, 2.05) is 12.1 Å². The summed E-state index contributed by atoms with van der Waals surface area (Å²) in [6, 6.07) is 6.68. The van der Waals surface area contributed by atoms with E-state index >= 15 is 0 Å². The third-order valence-corrected chi connectivity index (χ3v) is 2.34.